The average molecular weight is 306 g/mol. The molecule has 4 atom stereocenters. The van der Waals surface area contributed by atoms with E-state index in [2.05, 4.69) is 10.2 Å². The molecule has 1 heterocycles. The fourth-order valence-electron chi connectivity index (χ4n) is 4.16. The number of hydrogen-bond acceptors (Lipinski definition) is 6. The van der Waals surface area contributed by atoms with E-state index in [1.807, 2.05) is 24.3 Å². The fourth-order valence-corrected chi connectivity index (χ4v) is 6.29. The quantitative estimate of drug-likeness (QED) is 0.804. The predicted octanol–water partition coefficient (Wildman–Crippen LogP) is 2.86. The van der Waals surface area contributed by atoms with E-state index in [-0.39, 0.29) is 24.0 Å². The highest BCUT2D eigenvalue weighted by molar-refractivity contribution is 7.55. The Bertz CT molecular complexity index is 711. The van der Waals surface area contributed by atoms with E-state index < -0.39 is 18.9 Å². The monoisotopic (exact) mass is 306 g/mol. The summed E-state index contributed by atoms with van der Waals surface area (Å²) in [5, 5.41) is 7.38. The molecule has 0 radical (unpaired) electrons. The first-order valence-electron chi connectivity index (χ1n) is 6.84. The molecule has 21 heavy (non-hydrogen) atoms. The van der Waals surface area contributed by atoms with Crippen molar-refractivity contribution in [3.05, 3.63) is 35.4 Å². The maximum atomic E-state index is 13.2. The van der Waals surface area contributed by atoms with Crippen molar-refractivity contribution in [3.8, 4) is 0 Å². The van der Waals surface area contributed by atoms with Crippen molar-refractivity contribution in [2.24, 2.45) is 10.2 Å². The zero-order valence-corrected chi connectivity index (χ0v) is 12.6. The number of fused-ring (bicyclic) bond motifs is 2. The lowest BCUT2D eigenvalue weighted by molar-refractivity contribution is -0.122. The van der Waals surface area contributed by atoms with Gasteiger partial charge < -0.3 is 9.05 Å². The number of nitrogens with zero attached hydrogens (tertiary/aromatic N) is 2. The molecule has 0 spiro atoms. The van der Waals surface area contributed by atoms with Crippen molar-refractivity contribution in [3.63, 3.8) is 0 Å². The van der Waals surface area contributed by atoms with Gasteiger partial charge in [0.1, 0.15) is 6.04 Å². The third-order valence-electron chi connectivity index (χ3n) is 4.99. The Morgan fingerprint density at radius 3 is 2.57 bits per heavy atom. The zero-order valence-electron chi connectivity index (χ0n) is 11.7. The van der Waals surface area contributed by atoms with Gasteiger partial charge in [-0.3, -0.25) is 9.36 Å². The first kappa shape index (κ1) is 13.3. The van der Waals surface area contributed by atoms with Crippen LogP contribution < -0.4 is 0 Å². The number of hydrogen-bond donors (Lipinski definition) is 0. The lowest BCUT2D eigenvalue weighted by Crippen LogP contribution is -2.44. The minimum absolute atomic E-state index is 0.0526. The second-order valence-corrected chi connectivity index (χ2v) is 8.08. The van der Waals surface area contributed by atoms with E-state index in [9.17, 15) is 9.36 Å². The third kappa shape index (κ3) is 1.32. The molecule has 1 aliphatic heterocycles. The summed E-state index contributed by atoms with van der Waals surface area (Å²) < 4.78 is 23.7. The van der Waals surface area contributed by atoms with Gasteiger partial charge in [-0.2, -0.15) is 10.2 Å². The molecule has 4 unspecified atom stereocenters. The summed E-state index contributed by atoms with van der Waals surface area (Å²) >= 11 is 0. The van der Waals surface area contributed by atoms with Crippen molar-refractivity contribution < 1.29 is 18.4 Å². The number of benzene rings is 1. The molecule has 110 valence electrons. The van der Waals surface area contributed by atoms with Crippen molar-refractivity contribution >= 4 is 13.4 Å². The lowest BCUT2D eigenvalue weighted by Gasteiger charge is -2.39. The first-order valence-corrected chi connectivity index (χ1v) is 8.38. The van der Waals surface area contributed by atoms with Crippen LogP contribution in [-0.2, 0) is 18.4 Å². The van der Waals surface area contributed by atoms with Gasteiger partial charge in [-0.1, -0.05) is 24.3 Å². The van der Waals surface area contributed by atoms with E-state index in [1.165, 1.54) is 14.2 Å². The minimum Gasteiger partial charge on any atom is -0.310 e. The number of Topliss-reactive ketones (excluding diaryl/α,β-unsaturated/α-hetero) is 1. The van der Waals surface area contributed by atoms with E-state index >= 15 is 0 Å². The molecular weight excluding hydrogens is 291 g/mol. The number of ketones is 1. The molecule has 4 bridgehead atoms. The molecule has 0 saturated heterocycles. The van der Waals surface area contributed by atoms with Crippen LogP contribution in [0, 0.1) is 0 Å². The van der Waals surface area contributed by atoms with Crippen LogP contribution in [0.5, 0.6) is 0 Å². The summed E-state index contributed by atoms with van der Waals surface area (Å²) in [6.45, 7) is 0. The van der Waals surface area contributed by atoms with Crippen LogP contribution >= 0.6 is 7.60 Å². The largest absolute Gasteiger partial charge is 0.360 e. The maximum Gasteiger partial charge on any atom is 0.360 e. The Morgan fingerprint density at radius 2 is 1.90 bits per heavy atom. The topological polar surface area (TPSA) is 77.3 Å². The highest BCUT2D eigenvalue weighted by atomic mass is 31.2. The summed E-state index contributed by atoms with van der Waals surface area (Å²) in [4.78, 5) is 12.3. The van der Waals surface area contributed by atoms with Crippen LogP contribution in [0.15, 0.2) is 34.5 Å². The summed E-state index contributed by atoms with van der Waals surface area (Å²) in [5.41, 5.74) is 2.02. The van der Waals surface area contributed by atoms with Gasteiger partial charge in [0, 0.05) is 26.6 Å². The molecule has 2 aliphatic carbocycles. The predicted molar refractivity (Wildman–Crippen MR) is 74.5 cm³/mol. The van der Waals surface area contributed by atoms with Gasteiger partial charge >= 0.3 is 7.60 Å². The third-order valence-corrected chi connectivity index (χ3v) is 7.51. The van der Waals surface area contributed by atoms with Gasteiger partial charge in [0.25, 0.3) is 0 Å². The van der Waals surface area contributed by atoms with Crippen molar-refractivity contribution in [1.82, 2.24) is 0 Å². The van der Waals surface area contributed by atoms with Gasteiger partial charge in [-0.25, -0.2) is 0 Å². The Hall–Kier alpha value is -1.36. The smallest absolute Gasteiger partial charge is 0.310 e. The Kier molecular flexibility index (Phi) is 2.60. The summed E-state index contributed by atoms with van der Waals surface area (Å²) in [6.07, 6.45) is 0.280. The van der Waals surface area contributed by atoms with Crippen LogP contribution in [0.4, 0.5) is 0 Å². The van der Waals surface area contributed by atoms with E-state index in [0.717, 1.165) is 11.1 Å². The average Bonchev–Trinajstić information content (AvgIpc) is 2.94. The van der Waals surface area contributed by atoms with E-state index in [0.29, 0.717) is 0 Å². The molecule has 3 aliphatic rings. The molecule has 0 amide bonds. The number of carbonyl (C=O) groups is 1. The molecule has 0 N–H and O–H groups in total. The zero-order chi connectivity index (χ0) is 14.8. The SMILES string of the molecule is COP(=O)(OC)C12N=NC3C(=O)CC1c1ccccc1C32. The number of carbonyl (C=O) groups excluding carboxylic acids is 1. The molecule has 7 heteroatoms. The Labute approximate surface area is 122 Å². The summed E-state index contributed by atoms with van der Waals surface area (Å²) in [7, 11) is -0.791. The molecule has 4 rings (SSSR count). The van der Waals surface area contributed by atoms with Crippen LogP contribution in [0.1, 0.15) is 29.4 Å². The first-order chi connectivity index (χ1) is 10.1. The van der Waals surface area contributed by atoms with Crippen LogP contribution in [0.25, 0.3) is 0 Å². The normalized spacial score (nSPS) is 36.1. The van der Waals surface area contributed by atoms with Gasteiger partial charge in [0.15, 0.2) is 11.1 Å². The van der Waals surface area contributed by atoms with Crippen LogP contribution in [0.2, 0.25) is 0 Å². The van der Waals surface area contributed by atoms with E-state index in [1.54, 1.807) is 0 Å². The molecule has 0 aromatic heterocycles. The molecule has 1 aromatic carbocycles. The van der Waals surface area contributed by atoms with Crippen molar-refractivity contribution in [2.75, 3.05) is 14.2 Å². The fraction of sp³-hybridized carbons (Fsp3) is 0.500. The van der Waals surface area contributed by atoms with Crippen LogP contribution in [0.3, 0.4) is 0 Å². The minimum atomic E-state index is -3.52. The van der Waals surface area contributed by atoms with Gasteiger partial charge in [-0.15, -0.1) is 0 Å². The van der Waals surface area contributed by atoms with Gasteiger partial charge in [0.05, 0.1) is 5.92 Å². The Morgan fingerprint density at radius 1 is 1.24 bits per heavy atom. The van der Waals surface area contributed by atoms with Crippen molar-refractivity contribution in [1.29, 1.82) is 0 Å². The Balaban J connectivity index is 2.01. The summed E-state index contributed by atoms with van der Waals surface area (Å²) in [6, 6.07) is 7.21. The van der Waals surface area contributed by atoms with Crippen molar-refractivity contribution in [2.45, 2.75) is 29.6 Å². The molecule has 6 nitrogen and oxygen atoms in total. The second-order valence-electron chi connectivity index (χ2n) is 5.64. The maximum absolute atomic E-state index is 13.2. The van der Waals surface area contributed by atoms with Gasteiger partial charge in [0.2, 0.25) is 0 Å². The molecule has 1 fully saturated rings. The molecular formula is C14H15N2O4P. The molecule has 1 saturated carbocycles. The standard InChI is InChI=1S/C14H15N2O4P/c1-19-21(18,20-2)14-10-7-11(17)13(15-16-14)12(14)9-6-4-3-5-8(9)10/h3-6,10,12-13H,7H2,1-2H3. The highest BCUT2D eigenvalue weighted by Crippen LogP contribution is 2.77. The highest BCUT2D eigenvalue weighted by Gasteiger charge is 2.73. The molecule has 1 aromatic rings. The summed E-state index contributed by atoms with van der Waals surface area (Å²) in [5.74, 6) is -0.582. The number of rotatable bonds is 3. The van der Waals surface area contributed by atoms with E-state index in [4.69, 9.17) is 9.05 Å². The van der Waals surface area contributed by atoms with Gasteiger partial charge in [-0.05, 0) is 11.1 Å². The second kappa shape index (κ2) is 4.09. The lowest BCUT2D eigenvalue weighted by atomic mass is 9.79. The van der Waals surface area contributed by atoms with Crippen LogP contribution in [-0.4, -0.2) is 31.3 Å². The number of azo groups is 1.